The summed E-state index contributed by atoms with van der Waals surface area (Å²) in [4.78, 5) is 85.4. The minimum absolute atomic E-state index is 0.0152. The lowest BCUT2D eigenvalue weighted by Crippen LogP contribution is -2.48. The molecule has 19 nitrogen and oxygen atoms in total. The highest BCUT2D eigenvalue weighted by Gasteiger charge is 2.49. The lowest BCUT2D eigenvalue weighted by Gasteiger charge is -2.41. The molecule has 5 unspecified atom stereocenters. The number of hydrogen-bond acceptors (Lipinski definition) is 13. The Morgan fingerprint density at radius 1 is 0.540 bits per heavy atom. The van der Waals surface area contributed by atoms with Gasteiger partial charge in [0.25, 0.3) is 6.43 Å². The minimum atomic E-state index is -4.59. The van der Waals surface area contributed by atoms with Crippen molar-refractivity contribution >= 4 is 83.9 Å². The molecule has 1 N–H and O–H groups in total. The first-order valence-electron chi connectivity index (χ1n) is 30.6. The number of carbonyl (C=O) groups excluding carboxylic acids is 6. The Hall–Kier alpha value is -10.5. The number of urea groups is 3. The normalized spacial score (nSPS) is 19.1. The maximum Gasteiger partial charge on any atom is 0.416 e. The number of rotatable bonds is 12. The molecule has 0 saturated heterocycles. The number of hydrogen-bond donors (Lipinski definition) is 1. The van der Waals surface area contributed by atoms with Gasteiger partial charge in [-0.1, -0.05) is 56.3 Å². The average Bonchev–Trinajstić information content (AvgIpc) is 1.45. The van der Waals surface area contributed by atoms with Crippen LogP contribution in [-0.2, 0) is 58.2 Å². The predicted octanol–water partition coefficient (Wildman–Crippen LogP) is 13.7. The van der Waals surface area contributed by atoms with E-state index in [1.54, 1.807) is 19.1 Å². The zero-order valence-electron chi connectivity index (χ0n) is 53.5. The van der Waals surface area contributed by atoms with Gasteiger partial charge in [0.05, 0.1) is 113 Å². The lowest BCUT2D eigenvalue weighted by atomic mass is 9.92. The van der Waals surface area contributed by atoms with E-state index in [1.165, 1.54) is 133 Å². The van der Waals surface area contributed by atoms with Crippen LogP contribution in [0.1, 0.15) is 127 Å². The Morgan fingerprint density at radius 2 is 0.950 bits per heavy atom. The number of benzene rings is 6. The molecule has 6 aromatic rings. The summed E-state index contributed by atoms with van der Waals surface area (Å²) in [6.45, 7) is 3.18. The van der Waals surface area contributed by atoms with E-state index < -0.39 is 97.6 Å². The first-order valence-corrected chi connectivity index (χ1v) is 35.2. The van der Waals surface area contributed by atoms with Crippen molar-refractivity contribution in [2.75, 3.05) is 46.6 Å². The molecule has 100 heavy (non-hydrogen) atoms. The summed E-state index contributed by atoms with van der Waals surface area (Å²) >= 11 is 0. The van der Waals surface area contributed by atoms with Crippen molar-refractivity contribution in [3.8, 4) is 18.2 Å². The lowest BCUT2D eigenvalue weighted by molar-refractivity contribution is -0.138. The Labute approximate surface area is 572 Å². The van der Waals surface area contributed by atoms with Gasteiger partial charge in [-0.15, -0.1) is 0 Å². The molecule has 0 fully saturated rings. The third-order valence-electron chi connectivity index (χ3n) is 17.6. The van der Waals surface area contributed by atoms with Crippen LogP contribution in [0.15, 0.2) is 176 Å². The van der Waals surface area contributed by atoms with Gasteiger partial charge in [0.15, 0.2) is 27.2 Å². The van der Waals surface area contributed by atoms with E-state index in [1.807, 2.05) is 18.2 Å². The average molecular weight is 1430 g/mol. The van der Waals surface area contributed by atoms with Crippen LogP contribution in [0.2, 0.25) is 0 Å². The van der Waals surface area contributed by atoms with Crippen molar-refractivity contribution in [3.63, 3.8) is 0 Å². The molecule has 6 aliphatic rings. The molecule has 6 amide bonds. The zero-order chi connectivity index (χ0) is 72.8. The number of halogens is 8. The second kappa shape index (κ2) is 28.4. The number of allylic oxidation sites excluding steroid dienone is 3. The summed E-state index contributed by atoms with van der Waals surface area (Å²) < 4.78 is 157. The van der Waals surface area contributed by atoms with Crippen molar-refractivity contribution in [2.24, 2.45) is 0 Å². The number of carbonyl (C=O) groups is 6. The number of sulfone groups is 1. The highest BCUT2D eigenvalue weighted by atomic mass is 32.2. The molecule has 3 aliphatic carbocycles. The third kappa shape index (κ3) is 13.7. The number of Topliss-reactive ketones (excluding diaryl/α,β-unsaturated/α-hetero) is 3. The quantitative estimate of drug-likeness (QED) is 0.112. The van der Waals surface area contributed by atoms with Crippen molar-refractivity contribution < 1.29 is 80.7 Å². The second-order valence-electron chi connectivity index (χ2n) is 23.4. The third-order valence-corrected chi connectivity index (χ3v) is 21.7. The number of anilines is 3. The first kappa shape index (κ1) is 72.3. The summed E-state index contributed by atoms with van der Waals surface area (Å²) in [6.07, 6.45) is -9.54. The summed E-state index contributed by atoms with van der Waals surface area (Å²) in [5.41, 5.74) is 1.77. The molecule has 0 bridgehead atoms. The number of nitrogens with one attached hydrogen (secondary N) is 1. The van der Waals surface area contributed by atoms with Crippen LogP contribution in [0.4, 0.5) is 66.6 Å². The van der Waals surface area contributed by atoms with Crippen LogP contribution in [0.25, 0.3) is 0 Å². The number of nitriles is 3. The van der Waals surface area contributed by atoms with Gasteiger partial charge >= 0.3 is 30.4 Å². The van der Waals surface area contributed by atoms with E-state index >= 15 is 0 Å². The van der Waals surface area contributed by atoms with Crippen LogP contribution in [-0.4, -0.2) is 93.9 Å². The number of alkyl halides is 8. The van der Waals surface area contributed by atoms with E-state index in [9.17, 15) is 96.5 Å². The van der Waals surface area contributed by atoms with Gasteiger partial charge in [-0.05, 0) is 121 Å². The smallest absolute Gasteiger partial charge is 0.326 e. The topological polar surface area (TPSA) is 270 Å². The molecular formula is C70H57F8N9O10S3. The molecule has 3 heterocycles. The standard InChI is InChI=1S/C24H20F3N3O3S.C23H18F3N3O3S.C23H19F2N3O4S/c1-3-34(33)20-11-14(13-28)7-8-17(20)22-21-18(9-10-19(21)31)30(23(32)29(22)2)16-6-4-5-15(12-16)24(25,26)27;1-28-21(16-7-6-13(12-27)10-19(16)33(2)32)20-17(8-9-18(20)30)29(22(28)31)15-5-3-4-14(11-15)23(24,25)26;1-2-33(31,32)19-10-13(12-26)6-7-16(19)21-20-17(8-9-18(20)29)28(23(30)27-21)15-5-3-4-14(11-15)22(24)25/h4-8,11-12,22H,3,9-10H2,1-2H3;3-7,10-11,21H,8-9H2,1-2H3;3-7,10-11,21-22H,2,8-9H2,1H3,(H,27,30). The van der Waals surface area contributed by atoms with E-state index in [2.05, 4.69) is 5.32 Å². The fraction of sp³-hybridized carbons (Fsp3) is 0.271. The van der Waals surface area contributed by atoms with Crippen LogP contribution < -0.4 is 20.0 Å². The molecule has 12 rings (SSSR count). The Bertz CT molecular complexity index is 4880. The first-order chi connectivity index (χ1) is 47.3. The highest BCUT2D eigenvalue weighted by Crippen LogP contribution is 2.49. The number of likely N-dealkylation sites (N-methyl/N-ethyl adjacent to an activating group) is 2. The van der Waals surface area contributed by atoms with Gasteiger partial charge in [0, 0.05) is 94.5 Å². The van der Waals surface area contributed by atoms with E-state index in [-0.39, 0.29) is 123 Å². The van der Waals surface area contributed by atoms with Crippen molar-refractivity contribution in [1.82, 2.24) is 15.1 Å². The van der Waals surface area contributed by atoms with Gasteiger partial charge < -0.3 is 15.1 Å². The highest BCUT2D eigenvalue weighted by molar-refractivity contribution is 7.91. The number of ketones is 3. The molecule has 0 radical (unpaired) electrons. The van der Waals surface area contributed by atoms with E-state index in [4.69, 9.17) is 0 Å². The molecule has 516 valence electrons. The van der Waals surface area contributed by atoms with Crippen molar-refractivity contribution in [1.29, 1.82) is 15.8 Å². The number of nitrogens with zero attached hydrogens (tertiary/aromatic N) is 8. The second-order valence-corrected chi connectivity index (χ2v) is 28.7. The van der Waals surface area contributed by atoms with Crippen LogP contribution >= 0.6 is 0 Å². The molecule has 3 aliphatic heterocycles. The zero-order valence-corrected chi connectivity index (χ0v) is 55.9. The molecule has 5 atom stereocenters. The largest absolute Gasteiger partial charge is 0.416 e. The van der Waals surface area contributed by atoms with Gasteiger partial charge in [-0.3, -0.25) is 37.5 Å². The fourth-order valence-corrected chi connectivity index (χ4v) is 15.9. The Morgan fingerprint density at radius 3 is 1.38 bits per heavy atom. The van der Waals surface area contributed by atoms with Crippen molar-refractivity contribution in [2.45, 2.75) is 104 Å². The van der Waals surface area contributed by atoms with Crippen molar-refractivity contribution in [3.05, 3.63) is 211 Å². The summed E-state index contributed by atoms with van der Waals surface area (Å²) in [5, 5.41) is 30.4. The van der Waals surface area contributed by atoms with Gasteiger partial charge in [-0.25, -0.2) is 31.6 Å². The molecule has 0 saturated carbocycles. The SMILES string of the molecule is CCS(=O)(=O)c1cc(C#N)ccc1C1NC(=O)N(c2cccc(C(F)F)c2)C2=C1C(=O)CC2.CCS(=O)c1cc(C#N)ccc1C1C2=C(CCC2=O)N(c2cccc(C(F)(F)F)c2)C(=O)N1C.CN1C(=O)N(c2cccc(C(F)(F)F)c2)C2=C(C(=O)CC2)C1c1ccc(C#N)cc1S(C)=O. The maximum atomic E-state index is 13.5. The fourth-order valence-electron chi connectivity index (χ4n) is 12.9. The van der Waals surface area contributed by atoms with Crippen LogP contribution in [0, 0.1) is 34.0 Å². The van der Waals surface area contributed by atoms with Gasteiger partial charge in [0.1, 0.15) is 0 Å². The minimum Gasteiger partial charge on any atom is -0.326 e. The maximum absolute atomic E-state index is 13.5. The molecule has 6 aromatic carbocycles. The number of amides is 6. The van der Waals surface area contributed by atoms with Gasteiger partial charge in [-0.2, -0.15) is 42.1 Å². The van der Waals surface area contributed by atoms with Gasteiger partial charge in [0.2, 0.25) is 0 Å². The summed E-state index contributed by atoms with van der Waals surface area (Å²) in [7, 11) is -3.88. The predicted molar refractivity (Wildman–Crippen MR) is 349 cm³/mol. The Kier molecular flexibility index (Phi) is 20.5. The summed E-state index contributed by atoms with van der Waals surface area (Å²) in [5.74, 6) is -0.698. The molecule has 0 aromatic heterocycles. The molecular weight excluding hydrogens is 1380 g/mol. The van der Waals surface area contributed by atoms with E-state index in [0.29, 0.717) is 49.1 Å². The molecule has 30 heteroatoms. The van der Waals surface area contributed by atoms with E-state index in [0.717, 1.165) is 34.1 Å². The Balaban J connectivity index is 0.000000162. The molecule has 0 spiro atoms. The van der Waals surface area contributed by atoms with Crippen LogP contribution in [0.3, 0.4) is 0 Å². The van der Waals surface area contributed by atoms with Crippen LogP contribution in [0.5, 0.6) is 0 Å². The monoisotopic (exact) mass is 1430 g/mol. The summed E-state index contributed by atoms with van der Waals surface area (Å²) in [6, 6.07) is 28.6.